The van der Waals surface area contributed by atoms with Crippen LogP contribution in [-0.4, -0.2) is 23.1 Å². The molecule has 0 heterocycles. The lowest BCUT2D eigenvalue weighted by molar-refractivity contribution is -0.279. The molecule has 1 fully saturated rings. The van der Waals surface area contributed by atoms with E-state index < -0.39 is 36.0 Å². The Kier molecular flexibility index (Phi) is 5.95. The normalized spacial score (nSPS) is 27.0. The van der Waals surface area contributed by atoms with Crippen LogP contribution in [0.5, 0.6) is 0 Å². The van der Waals surface area contributed by atoms with Crippen molar-refractivity contribution in [1.82, 2.24) is 0 Å². The molecule has 174 valence electrons. The fraction of sp³-hybridized carbons (Fsp3) is 0.440. The summed E-state index contributed by atoms with van der Waals surface area (Å²) in [6, 6.07) is 11.7. The van der Waals surface area contributed by atoms with Crippen LogP contribution in [0.2, 0.25) is 0 Å². The van der Waals surface area contributed by atoms with Gasteiger partial charge in [0.25, 0.3) is 0 Å². The van der Waals surface area contributed by atoms with E-state index in [0.29, 0.717) is 36.2 Å². The Hall–Kier alpha value is -2.92. The van der Waals surface area contributed by atoms with Crippen LogP contribution >= 0.6 is 0 Å². The van der Waals surface area contributed by atoms with Gasteiger partial charge in [-0.15, -0.1) is 0 Å². The zero-order valence-corrected chi connectivity index (χ0v) is 18.0. The summed E-state index contributed by atoms with van der Waals surface area (Å²) in [5, 5.41) is 31.2. The van der Waals surface area contributed by atoms with E-state index >= 15 is 0 Å². The number of hydrogen-bond acceptors (Lipinski definition) is 4. The number of fused-ring (bicyclic) bond motifs is 3. The van der Waals surface area contributed by atoms with Gasteiger partial charge in [0.1, 0.15) is 5.82 Å². The van der Waals surface area contributed by atoms with Crippen molar-refractivity contribution in [3.05, 3.63) is 58.9 Å². The SMILES string of the molecule is N#CCC12CC[C@](O)(C(F)(F)F)CC1CCCc1cc(Nc3ccc(F)cc3)c(C=N)cc12. The van der Waals surface area contributed by atoms with Gasteiger partial charge >= 0.3 is 6.18 Å². The maximum absolute atomic E-state index is 13.6. The minimum absolute atomic E-state index is 0.0520. The fourth-order valence-corrected chi connectivity index (χ4v) is 5.59. The third-order valence-electron chi connectivity index (χ3n) is 7.36. The Balaban J connectivity index is 1.78. The minimum Gasteiger partial charge on any atom is -0.380 e. The molecule has 3 N–H and O–H groups in total. The maximum Gasteiger partial charge on any atom is 0.417 e. The van der Waals surface area contributed by atoms with Crippen molar-refractivity contribution < 1.29 is 22.7 Å². The van der Waals surface area contributed by atoms with Crippen molar-refractivity contribution in [1.29, 1.82) is 10.7 Å². The van der Waals surface area contributed by atoms with Crippen LogP contribution < -0.4 is 5.32 Å². The highest BCUT2D eigenvalue weighted by molar-refractivity contribution is 5.88. The Labute approximate surface area is 189 Å². The number of nitrogens with one attached hydrogen (secondary N) is 2. The highest BCUT2D eigenvalue weighted by Gasteiger charge is 2.61. The van der Waals surface area contributed by atoms with Gasteiger partial charge in [0.15, 0.2) is 5.60 Å². The van der Waals surface area contributed by atoms with Gasteiger partial charge in [-0.3, -0.25) is 0 Å². The third kappa shape index (κ3) is 4.10. The van der Waals surface area contributed by atoms with E-state index in [1.807, 2.05) is 12.1 Å². The number of hydrogen-bond donors (Lipinski definition) is 3. The third-order valence-corrected chi connectivity index (χ3v) is 7.36. The quantitative estimate of drug-likeness (QED) is 0.379. The summed E-state index contributed by atoms with van der Waals surface area (Å²) >= 11 is 0. The number of halogens is 4. The molecular weight excluding hydrogens is 434 g/mol. The average Bonchev–Trinajstić information content (AvgIpc) is 2.91. The monoisotopic (exact) mass is 459 g/mol. The van der Waals surface area contributed by atoms with E-state index in [4.69, 9.17) is 5.41 Å². The molecule has 0 bridgehead atoms. The summed E-state index contributed by atoms with van der Waals surface area (Å²) in [4.78, 5) is 0. The van der Waals surface area contributed by atoms with Gasteiger partial charge in [0.05, 0.1) is 6.07 Å². The summed E-state index contributed by atoms with van der Waals surface area (Å²) in [5.74, 6) is -0.858. The molecule has 2 aromatic carbocycles. The minimum atomic E-state index is -4.72. The second kappa shape index (κ2) is 8.45. The number of benzene rings is 2. The van der Waals surface area contributed by atoms with Crippen molar-refractivity contribution in [2.24, 2.45) is 5.92 Å². The number of aliphatic hydroxyl groups is 1. The summed E-state index contributed by atoms with van der Waals surface area (Å²) in [5.41, 5.74) is 0.0148. The molecule has 4 rings (SSSR count). The molecule has 2 unspecified atom stereocenters. The largest absolute Gasteiger partial charge is 0.417 e. The lowest BCUT2D eigenvalue weighted by Gasteiger charge is -2.49. The van der Waals surface area contributed by atoms with E-state index in [1.54, 1.807) is 12.1 Å². The standard InChI is InChI=1S/C25H25F4N3O/c26-19-4-6-20(7-5-19)32-22-13-16-2-1-3-18-14-24(33,25(27,28)29)9-8-23(18,10-11-30)21(16)12-17(22)15-31/h4-7,12-13,15,18,31-33H,1-3,8-10,14H2/t18?,23?,24-/m1/s1. The van der Waals surface area contributed by atoms with E-state index in [9.17, 15) is 27.9 Å². The van der Waals surface area contributed by atoms with Crippen molar-refractivity contribution in [3.63, 3.8) is 0 Å². The van der Waals surface area contributed by atoms with E-state index in [1.165, 1.54) is 18.3 Å². The van der Waals surface area contributed by atoms with Crippen LogP contribution in [0.3, 0.4) is 0 Å². The predicted octanol–water partition coefficient (Wildman–Crippen LogP) is 6.15. The number of aryl methyl sites for hydroxylation is 1. The van der Waals surface area contributed by atoms with E-state index in [2.05, 4.69) is 11.4 Å². The number of alkyl halides is 3. The van der Waals surface area contributed by atoms with Gasteiger partial charge in [0.2, 0.25) is 0 Å². The molecule has 0 aromatic heterocycles. The number of rotatable bonds is 4. The van der Waals surface area contributed by atoms with E-state index in [-0.39, 0.29) is 18.7 Å². The second-order valence-corrected chi connectivity index (χ2v) is 9.19. The van der Waals surface area contributed by atoms with Crippen LogP contribution in [-0.2, 0) is 11.8 Å². The molecule has 8 heteroatoms. The molecule has 1 saturated carbocycles. The molecule has 33 heavy (non-hydrogen) atoms. The van der Waals surface area contributed by atoms with Crippen LogP contribution in [0.15, 0.2) is 36.4 Å². The molecular formula is C25H25F4N3O. The Morgan fingerprint density at radius 1 is 1.21 bits per heavy atom. The van der Waals surface area contributed by atoms with Crippen LogP contribution in [0.4, 0.5) is 28.9 Å². The molecule has 4 nitrogen and oxygen atoms in total. The topological polar surface area (TPSA) is 79.9 Å². The summed E-state index contributed by atoms with van der Waals surface area (Å²) in [6.45, 7) is 0. The van der Waals surface area contributed by atoms with Gasteiger partial charge < -0.3 is 15.8 Å². The van der Waals surface area contributed by atoms with Crippen molar-refractivity contribution in [3.8, 4) is 6.07 Å². The fourth-order valence-electron chi connectivity index (χ4n) is 5.59. The van der Waals surface area contributed by atoms with E-state index in [0.717, 1.165) is 11.1 Å². The molecule has 2 aliphatic rings. The Morgan fingerprint density at radius 3 is 2.58 bits per heavy atom. The average molecular weight is 459 g/mol. The van der Waals surface area contributed by atoms with Gasteiger partial charge in [-0.25, -0.2) is 4.39 Å². The number of anilines is 2. The molecule has 0 radical (unpaired) electrons. The molecule has 0 spiro atoms. The van der Waals surface area contributed by atoms with Gasteiger partial charge in [-0.2, -0.15) is 18.4 Å². The highest BCUT2D eigenvalue weighted by Crippen LogP contribution is 2.57. The van der Waals surface area contributed by atoms with Crippen molar-refractivity contribution in [2.75, 3.05) is 5.32 Å². The molecule has 2 aliphatic carbocycles. The zero-order valence-electron chi connectivity index (χ0n) is 18.0. The Bertz CT molecular complexity index is 1090. The lowest BCUT2D eigenvalue weighted by Crippen LogP contribution is -2.54. The smallest absolute Gasteiger partial charge is 0.380 e. The second-order valence-electron chi connectivity index (χ2n) is 9.19. The Morgan fingerprint density at radius 2 is 1.94 bits per heavy atom. The molecule has 0 amide bonds. The first-order chi connectivity index (χ1) is 15.6. The number of nitrogens with zero attached hydrogens (tertiary/aromatic N) is 1. The first kappa shape index (κ1) is 23.2. The van der Waals surface area contributed by atoms with Crippen molar-refractivity contribution in [2.45, 2.75) is 62.1 Å². The first-order valence-electron chi connectivity index (χ1n) is 11.0. The maximum atomic E-state index is 13.6. The summed E-state index contributed by atoms with van der Waals surface area (Å²) in [7, 11) is 0. The zero-order chi connectivity index (χ0) is 23.9. The lowest BCUT2D eigenvalue weighted by atomic mass is 9.56. The van der Waals surface area contributed by atoms with Crippen LogP contribution in [0, 0.1) is 28.5 Å². The highest BCUT2D eigenvalue weighted by atomic mass is 19.4. The first-order valence-corrected chi connectivity index (χ1v) is 11.0. The predicted molar refractivity (Wildman–Crippen MR) is 117 cm³/mol. The summed E-state index contributed by atoms with van der Waals surface area (Å²) in [6.07, 6.45) is -2.58. The van der Waals surface area contributed by atoms with Crippen LogP contribution in [0.1, 0.15) is 55.2 Å². The molecule has 3 atom stereocenters. The van der Waals surface area contributed by atoms with Crippen LogP contribution in [0.25, 0.3) is 0 Å². The molecule has 0 aliphatic heterocycles. The van der Waals surface area contributed by atoms with Gasteiger partial charge in [0, 0.05) is 35.0 Å². The summed E-state index contributed by atoms with van der Waals surface area (Å²) < 4.78 is 54.1. The molecule has 2 aromatic rings. The molecule has 0 saturated heterocycles. The van der Waals surface area contributed by atoms with Gasteiger partial charge in [-0.05, 0) is 92.0 Å². The van der Waals surface area contributed by atoms with Gasteiger partial charge in [-0.1, -0.05) is 0 Å². The number of nitriles is 1. The van der Waals surface area contributed by atoms with Crippen molar-refractivity contribution >= 4 is 17.6 Å².